The van der Waals surface area contributed by atoms with Crippen LogP contribution in [0.15, 0.2) is 77.7 Å². The van der Waals surface area contributed by atoms with Crippen molar-refractivity contribution in [2.45, 2.75) is 24.5 Å². The summed E-state index contributed by atoms with van der Waals surface area (Å²) in [5, 5.41) is 24.2. The van der Waals surface area contributed by atoms with Gasteiger partial charge in [-0.1, -0.05) is 54.1 Å². The molecule has 0 aliphatic rings. The van der Waals surface area contributed by atoms with Crippen molar-refractivity contribution in [1.82, 2.24) is 8.87 Å². The summed E-state index contributed by atoms with van der Waals surface area (Å²) in [6, 6.07) is 21.6. The van der Waals surface area contributed by atoms with Gasteiger partial charge in [-0.05, 0) is 31.2 Å². The molecule has 9 heteroatoms. The minimum absolute atomic E-state index is 0. The van der Waals surface area contributed by atoms with E-state index in [9.17, 15) is 23.4 Å². The van der Waals surface area contributed by atoms with Crippen LogP contribution in [-0.2, 0) is 21.4 Å². The fourth-order valence-corrected chi connectivity index (χ4v) is 5.38. The molecule has 0 fully saturated rings. The fraction of sp³-hybridized carbons (Fsp3) is 0.208. The number of carboxylic acids is 1. The van der Waals surface area contributed by atoms with Crippen molar-refractivity contribution >= 4 is 37.8 Å². The Kier molecular flexibility index (Phi) is 8.00. The molecule has 4 rings (SSSR count). The molecule has 3 aromatic carbocycles. The minimum Gasteiger partial charge on any atom is -0.549 e. The summed E-state index contributed by atoms with van der Waals surface area (Å²) in [6.45, 7) is 0.692. The van der Waals surface area contributed by atoms with Gasteiger partial charge in [-0.15, -0.1) is 0 Å². The Morgan fingerprint density at radius 3 is 2.00 bits per heavy atom. The van der Waals surface area contributed by atoms with Crippen LogP contribution < -0.4 is 34.7 Å². The number of aliphatic carboxylic acids is 1. The van der Waals surface area contributed by atoms with E-state index in [4.69, 9.17) is 0 Å². The summed E-state index contributed by atoms with van der Waals surface area (Å²) in [5.41, 5.74) is 2.68. The number of aliphatic hydroxyl groups excluding tert-OH is 1. The first kappa shape index (κ1) is 25.4. The molecule has 0 aliphatic heterocycles. The molecule has 0 aliphatic carbocycles. The number of carbonyl (C=O) groups is 1. The van der Waals surface area contributed by atoms with Crippen molar-refractivity contribution in [2.24, 2.45) is 0 Å². The van der Waals surface area contributed by atoms with Crippen LogP contribution in [0.4, 0.5) is 0 Å². The Hall–Kier alpha value is -2.20. The average molecular weight is 475 g/mol. The zero-order chi connectivity index (χ0) is 22.9. The smallest absolute Gasteiger partial charge is 0.549 e. The van der Waals surface area contributed by atoms with E-state index in [2.05, 4.69) is 0 Å². The SMILES string of the molecule is Cc1ccc(S(=O)(=O)N(CC(=O)[O-])CC(O)Cn2c3ccccc3c3ccccc32)cc1.[Na+]. The Labute approximate surface area is 214 Å². The fourth-order valence-electron chi connectivity index (χ4n) is 3.95. The Bertz CT molecular complexity index is 1330. The third kappa shape index (κ3) is 5.32. The second kappa shape index (κ2) is 10.4. The second-order valence-corrected chi connectivity index (χ2v) is 9.72. The van der Waals surface area contributed by atoms with Crippen LogP contribution in [0, 0.1) is 6.92 Å². The van der Waals surface area contributed by atoms with Gasteiger partial charge in [-0.2, -0.15) is 4.31 Å². The number of benzene rings is 3. The number of para-hydroxylation sites is 2. The van der Waals surface area contributed by atoms with Gasteiger partial charge in [-0.3, -0.25) is 0 Å². The maximum absolute atomic E-state index is 13.1. The van der Waals surface area contributed by atoms with Gasteiger partial charge in [0.15, 0.2) is 0 Å². The average Bonchev–Trinajstić information content (AvgIpc) is 3.07. The van der Waals surface area contributed by atoms with Gasteiger partial charge in [0, 0.05) is 28.4 Å². The van der Waals surface area contributed by atoms with E-state index >= 15 is 0 Å². The molecule has 1 unspecified atom stereocenters. The number of aliphatic hydroxyl groups is 1. The third-order valence-electron chi connectivity index (χ3n) is 5.45. The van der Waals surface area contributed by atoms with Gasteiger partial charge in [0.05, 0.1) is 30.1 Å². The monoisotopic (exact) mass is 474 g/mol. The first-order valence-corrected chi connectivity index (χ1v) is 11.6. The summed E-state index contributed by atoms with van der Waals surface area (Å²) in [4.78, 5) is 11.3. The zero-order valence-corrected chi connectivity index (χ0v) is 21.3. The molecule has 4 aromatic rings. The van der Waals surface area contributed by atoms with E-state index in [0.717, 1.165) is 31.7 Å². The molecule has 1 N–H and O–H groups in total. The standard InChI is InChI=1S/C24H24N2O5S.Na/c1-17-10-12-19(13-11-17)32(30,31)25(16-24(28)29)14-18(27)15-26-22-8-4-2-6-20(22)21-7-3-5-9-23(21)26;/h2-13,18,27H,14-16H2,1H3,(H,28,29);/q;+1/p-1. The first-order valence-electron chi connectivity index (χ1n) is 10.2. The Balaban J connectivity index is 0.00000306. The Morgan fingerprint density at radius 1 is 0.970 bits per heavy atom. The van der Waals surface area contributed by atoms with E-state index in [1.165, 1.54) is 12.1 Å². The number of carbonyl (C=O) groups excluding carboxylic acids is 1. The number of aromatic nitrogens is 1. The summed E-state index contributed by atoms with van der Waals surface area (Å²) in [5.74, 6) is -1.54. The van der Waals surface area contributed by atoms with Crippen molar-refractivity contribution in [1.29, 1.82) is 0 Å². The van der Waals surface area contributed by atoms with Crippen molar-refractivity contribution in [3.63, 3.8) is 0 Å². The van der Waals surface area contributed by atoms with Crippen LogP contribution in [0.1, 0.15) is 5.56 Å². The minimum atomic E-state index is -4.13. The maximum atomic E-state index is 13.1. The molecule has 1 atom stereocenters. The molecule has 33 heavy (non-hydrogen) atoms. The van der Waals surface area contributed by atoms with Gasteiger partial charge in [0.1, 0.15) is 0 Å². The van der Waals surface area contributed by atoms with Gasteiger partial charge >= 0.3 is 29.6 Å². The Morgan fingerprint density at radius 2 is 1.48 bits per heavy atom. The number of rotatable bonds is 8. The van der Waals surface area contributed by atoms with Crippen molar-refractivity contribution < 1.29 is 53.0 Å². The summed E-state index contributed by atoms with van der Waals surface area (Å²) >= 11 is 0. The molecule has 0 saturated heterocycles. The largest absolute Gasteiger partial charge is 1.00 e. The van der Waals surface area contributed by atoms with Crippen LogP contribution in [0.3, 0.4) is 0 Å². The van der Waals surface area contributed by atoms with Crippen molar-refractivity contribution in [2.75, 3.05) is 13.1 Å². The maximum Gasteiger partial charge on any atom is 1.00 e. The van der Waals surface area contributed by atoms with Gasteiger partial charge < -0.3 is 19.6 Å². The number of fused-ring (bicyclic) bond motifs is 3. The zero-order valence-electron chi connectivity index (χ0n) is 18.5. The predicted molar refractivity (Wildman–Crippen MR) is 120 cm³/mol. The molecular weight excluding hydrogens is 451 g/mol. The molecule has 0 spiro atoms. The molecule has 0 saturated carbocycles. The van der Waals surface area contributed by atoms with Crippen LogP contribution >= 0.6 is 0 Å². The molecule has 166 valence electrons. The quantitative estimate of drug-likeness (QED) is 0.327. The molecule has 0 bridgehead atoms. The predicted octanol–water partition coefficient (Wildman–Crippen LogP) is -1.09. The van der Waals surface area contributed by atoms with Crippen LogP contribution in [-0.4, -0.2) is 47.6 Å². The number of hydrogen-bond acceptors (Lipinski definition) is 5. The molecule has 1 aromatic heterocycles. The molecule has 0 amide bonds. The molecular formula is C24H23N2NaO5S. The van der Waals surface area contributed by atoms with E-state index in [1.807, 2.05) is 60.0 Å². The normalized spacial score (nSPS) is 12.7. The number of carboxylic acid groups (broad SMARTS) is 1. The van der Waals surface area contributed by atoms with E-state index in [-0.39, 0.29) is 47.5 Å². The van der Waals surface area contributed by atoms with E-state index in [1.54, 1.807) is 12.1 Å². The summed E-state index contributed by atoms with van der Waals surface area (Å²) in [7, 11) is -4.13. The van der Waals surface area contributed by atoms with E-state index in [0.29, 0.717) is 0 Å². The molecule has 0 radical (unpaired) electrons. The number of aryl methyl sites for hydroxylation is 1. The molecule has 7 nitrogen and oxygen atoms in total. The van der Waals surface area contributed by atoms with Gasteiger partial charge in [-0.25, -0.2) is 8.42 Å². The van der Waals surface area contributed by atoms with Crippen LogP contribution in [0.2, 0.25) is 0 Å². The number of nitrogens with zero attached hydrogens (tertiary/aromatic N) is 2. The van der Waals surface area contributed by atoms with Crippen LogP contribution in [0.25, 0.3) is 21.8 Å². The summed E-state index contributed by atoms with van der Waals surface area (Å²) < 4.78 is 28.8. The van der Waals surface area contributed by atoms with Gasteiger partial charge in [0.2, 0.25) is 10.0 Å². The molecule has 1 heterocycles. The topological polar surface area (TPSA) is 103 Å². The van der Waals surface area contributed by atoms with Crippen molar-refractivity contribution in [3.8, 4) is 0 Å². The van der Waals surface area contributed by atoms with Crippen molar-refractivity contribution in [3.05, 3.63) is 78.4 Å². The number of sulfonamides is 1. The third-order valence-corrected chi connectivity index (χ3v) is 7.28. The number of hydrogen-bond donors (Lipinski definition) is 1. The summed E-state index contributed by atoms with van der Waals surface area (Å²) in [6.07, 6.45) is -1.14. The first-order chi connectivity index (χ1) is 15.3. The van der Waals surface area contributed by atoms with Crippen LogP contribution in [0.5, 0.6) is 0 Å². The van der Waals surface area contributed by atoms with Gasteiger partial charge in [0.25, 0.3) is 0 Å². The van der Waals surface area contributed by atoms with E-state index < -0.39 is 28.6 Å². The second-order valence-electron chi connectivity index (χ2n) is 7.78.